The lowest BCUT2D eigenvalue weighted by atomic mass is 10.0. The number of nitrogens with zero attached hydrogens (tertiary/aromatic N) is 5. The molecule has 6 rings (SSSR count). The fourth-order valence-electron chi connectivity index (χ4n) is 5.51. The van der Waals surface area contributed by atoms with Gasteiger partial charge < -0.3 is 38.7 Å². The fraction of sp³-hybridized carbons (Fsp3) is 0.344. The molecular weight excluding hydrogens is 610 g/mol. The number of rotatable bonds is 10. The van der Waals surface area contributed by atoms with E-state index >= 15 is 0 Å². The second-order valence-electron chi connectivity index (χ2n) is 11.1. The SMILES string of the molecule is COC(=O)c1nc2cc(NC(=O)c3nc(NC(=O)CCCOc4cc5c(cc4OC)C(=O)N4CCCC[C@H]4C=N5)cn3C)ccc2o1. The molecule has 2 aromatic carbocycles. The number of esters is 1. The molecule has 0 aliphatic carbocycles. The van der Waals surface area contributed by atoms with Gasteiger partial charge in [-0.3, -0.25) is 19.4 Å². The summed E-state index contributed by atoms with van der Waals surface area (Å²) in [7, 11) is 4.36. The number of methoxy groups -OCH3 is 2. The number of aryl methyl sites for hydroxylation is 1. The number of ether oxygens (including phenoxy) is 3. The molecule has 1 saturated heterocycles. The average molecular weight is 644 g/mol. The van der Waals surface area contributed by atoms with E-state index in [1.807, 2.05) is 11.1 Å². The largest absolute Gasteiger partial charge is 0.493 e. The molecule has 1 atom stereocenters. The zero-order valence-electron chi connectivity index (χ0n) is 26.1. The Hall–Kier alpha value is -5.73. The first-order chi connectivity index (χ1) is 22.7. The second-order valence-corrected chi connectivity index (χ2v) is 11.1. The molecule has 2 aliphatic rings. The molecule has 0 saturated carbocycles. The van der Waals surface area contributed by atoms with Crippen molar-refractivity contribution < 1.29 is 37.8 Å². The number of carbonyl (C=O) groups excluding carboxylic acids is 4. The summed E-state index contributed by atoms with van der Waals surface area (Å²) in [6.45, 7) is 0.912. The lowest BCUT2D eigenvalue weighted by Gasteiger charge is -2.32. The fourth-order valence-corrected chi connectivity index (χ4v) is 5.51. The minimum Gasteiger partial charge on any atom is -0.493 e. The summed E-state index contributed by atoms with van der Waals surface area (Å²) in [4.78, 5) is 65.3. The number of oxazole rings is 1. The van der Waals surface area contributed by atoms with Crippen molar-refractivity contribution in [2.24, 2.45) is 12.0 Å². The lowest BCUT2D eigenvalue weighted by Crippen LogP contribution is -2.43. The number of piperidine rings is 1. The van der Waals surface area contributed by atoms with Crippen molar-refractivity contribution in [1.82, 2.24) is 19.4 Å². The van der Waals surface area contributed by atoms with Crippen LogP contribution >= 0.6 is 0 Å². The van der Waals surface area contributed by atoms with E-state index in [1.165, 1.54) is 25.0 Å². The van der Waals surface area contributed by atoms with E-state index in [0.717, 1.165) is 19.3 Å². The molecule has 4 heterocycles. The van der Waals surface area contributed by atoms with E-state index in [9.17, 15) is 19.2 Å². The van der Waals surface area contributed by atoms with Crippen LogP contribution in [0.4, 0.5) is 17.2 Å². The molecule has 15 heteroatoms. The number of nitrogens with one attached hydrogen (secondary N) is 2. The number of carbonyl (C=O) groups is 4. The molecule has 3 amide bonds. The first-order valence-electron chi connectivity index (χ1n) is 15.1. The predicted octanol–water partition coefficient (Wildman–Crippen LogP) is 4.12. The molecule has 244 valence electrons. The highest BCUT2D eigenvalue weighted by atomic mass is 16.5. The maximum Gasteiger partial charge on any atom is 0.394 e. The Bertz CT molecular complexity index is 1900. The number of fused-ring (bicyclic) bond motifs is 3. The van der Waals surface area contributed by atoms with Crippen molar-refractivity contribution in [2.45, 2.75) is 38.1 Å². The van der Waals surface area contributed by atoms with Gasteiger partial charge in [0.2, 0.25) is 11.7 Å². The Kier molecular flexibility index (Phi) is 8.86. The van der Waals surface area contributed by atoms with Crippen LogP contribution in [0, 0.1) is 0 Å². The highest BCUT2D eigenvalue weighted by Crippen LogP contribution is 2.38. The molecule has 0 radical (unpaired) electrons. The first kappa shape index (κ1) is 31.3. The van der Waals surface area contributed by atoms with Gasteiger partial charge in [-0.1, -0.05) is 0 Å². The minimum absolute atomic E-state index is 0.0125. The number of hydrogen-bond donors (Lipinski definition) is 2. The van der Waals surface area contributed by atoms with Crippen LogP contribution in [0.1, 0.15) is 63.8 Å². The smallest absolute Gasteiger partial charge is 0.394 e. The number of amides is 3. The molecule has 0 bridgehead atoms. The van der Waals surface area contributed by atoms with Crippen molar-refractivity contribution in [2.75, 3.05) is 38.0 Å². The molecule has 0 spiro atoms. The van der Waals surface area contributed by atoms with Crippen LogP contribution in [-0.2, 0) is 16.6 Å². The first-order valence-corrected chi connectivity index (χ1v) is 15.1. The summed E-state index contributed by atoms with van der Waals surface area (Å²) in [5.41, 5.74) is 2.12. The Morgan fingerprint density at radius 1 is 1.06 bits per heavy atom. The Labute approximate surface area is 268 Å². The van der Waals surface area contributed by atoms with E-state index in [2.05, 4.69) is 30.3 Å². The predicted molar refractivity (Wildman–Crippen MR) is 170 cm³/mol. The van der Waals surface area contributed by atoms with Crippen molar-refractivity contribution in [3.8, 4) is 11.5 Å². The third-order valence-electron chi connectivity index (χ3n) is 7.87. The molecule has 47 heavy (non-hydrogen) atoms. The van der Waals surface area contributed by atoms with Crippen LogP contribution in [-0.4, -0.2) is 82.8 Å². The van der Waals surface area contributed by atoms with E-state index in [4.69, 9.17) is 13.9 Å². The van der Waals surface area contributed by atoms with Gasteiger partial charge in [-0.25, -0.2) is 14.8 Å². The van der Waals surface area contributed by atoms with Crippen molar-refractivity contribution in [3.05, 3.63) is 53.8 Å². The van der Waals surface area contributed by atoms with Gasteiger partial charge in [0.1, 0.15) is 5.52 Å². The molecular formula is C32H33N7O8. The topological polar surface area (TPSA) is 179 Å². The summed E-state index contributed by atoms with van der Waals surface area (Å²) >= 11 is 0. The third-order valence-corrected chi connectivity index (χ3v) is 7.87. The van der Waals surface area contributed by atoms with Crippen LogP contribution in [0.25, 0.3) is 11.1 Å². The van der Waals surface area contributed by atoms with Gasteiger partial charge in [0.25, 0.3) is 11.8 Å². The quantitative estimate of drug-likeness (QED) is 0.189. The Morgan fingerprint density at radius 2 is 1.91 bits per heavy atom. The maximum absolute atomic E-state index is 13.2. The van der Waals surface area contributed by atoms with Crippen LogP contribution in [0.5, 0.6) is 11.5 Å². The van der Waals surface area contributed by atoms with E-state index < -0.39 is 11.9 Å². The number of anilines is 2. The standard InChI is InChI=1S/C32H33N7O8/c1-38-17-26(37-28(38)29(41)34-18-9-10-23-22(13-18)35-30(47-23)32(43)45-3)36-27(40)8-6-12-46-25-15-21-20(14-24(25)44-2)31(42)39-11-5-4-7-19(39)16-33-21/h9-10,13-17,19H,4-8,11-12H2,1-3H3,(H,34,41)(H,36,40)/t19-/m0/s1. The monoisotopic (exact) mass is 643 g/mol. The second kappa shape index (κ2) is 13.3. The van der Waals surface area contributed by atoms with Crippen molar-refractivity contribution >= 4 is 58.2 Å². The van der Waals surface area contributed by atoms with Gasteiger partial charge in [0.05, 0.1) is 38.1 Å². The number of hydrogen-bond acceptors (Lipinski definition) is 11. The van der Waals surface area contributed by atoms with Gasteiger partial charge in [-0.15, -0.1) is 0 Å². The normalized spacial score (nSPS) is 15.4. The number of aromatic nitrogens is 3. The van der Waals surface area contributed by atoms with Gasteiger partial charge in [-0.2, -0.15) is 0 Å². The summed E-state index contributed by atoms with van der Waals surface area (Å²) in [6.07, 6.45) is 6.79. The van der Waals surface area contributed by atoms with Gasteiger partial charge in [0, 0.05) is 44.2 Å². The number of aliphatic imine (C=N–C) groups is 1. The molecule has 2 N–H and O–H groups in total. The van der Waals surface area contributed by atoms with Crippen LogP contribution in [0.15, 0.2) is 45.9 Å². The molecule has 0 unspecified atom stereocenters. The summed E-state index contributed by atoms with van der Waals surface area (Å²) in [6, 6.07) is 8.06. The van der Waals surface area contributed by atoms with Gasteiger partial charge >= 0.3 is 11.9 Å². The zero-order valence-corrected chi connectivity index (χ0v) is 26.1. The van der Waals surface area contributed by atoms with Crippen LogP contribution < -0.4 is 20.1 Å². The van der Waals surface area contributed by atoms with Crippen molar-refractivity contribution in [3.63, 3.8) is 0 Å². The van der Waals surface area contributed by atoms with Gasteiger partial charge in [-0.05, 0) is 49.9 Å². The Morgan fingerprint density at radius 3 is 2.72 bits per heavy atom. The number of benzene rings is 2. The third kappa shape index (κ3) is 6.64. The lowest BCUT2D eigenvalue weighted by molar-refractivity contribution is -0.116. The summed E-state index contributed by atoms with van der Waals surface area (Å²) in [5, 5.41) is 5.43. The highest BCUT2D eigenvalue weighted by Gasteiger charge is 2.31. The van der Waals surface area contributed by atoms with Gasteiger partial charge in [0.15, 0.2) is 22.9 Å². The van der Waals surface area contributed by atoms with E-state index in [-0.39, 0.29) is 48.4 Å². The zero-order chi connectivity index (χ0) is 33.1. The highest BCUT2D eigenvalue weighted by molar-refractivity contribution is 6.04. The molecule has 2 aliphatic heterocycles. The van der Waals surface area contributed by atoms with Crippen molar-refractivity contribution in [1.29, 1.82) is 0 Å². The molecule has 15 nitrogen and oxygen atoms in total. The average Bonchev–Trinajstić information content (AvgIpc) is 3.63. The Balaban J connectivity index is 1.02. The number of imidazole rings is 1. The van der Waals surface area contributed by atoms with Crippen LogP contribution in [0.3, 0.4) is 0 Å². The molecule has 1 fully saturated rings. The molecule has 2 aromatic heterocycles. The van der Waals surface area contributed by atoms with Crippen LogP contribution in [0.2, 0.25) is 0 Å². The van der Waals surface area contributed by atoms with E-state index in [0.29, 0.717) is 52.5 Å². The van der Waals surface area contributed by atoms with E-state index in [1.54, 1.807) is 37.4 Å². The molecule has 4 aromatic rings. The summed E-state index contributed by atoms with van der Waals surface area (Å²) in [5.74, 6) is -0.679. The summed E-state index contributed by atoms with van der Waals surface area (Å²) < 4.78 is 22.9. The minimum atomic E-state index is -0.712. The maximum atomic E-state index is 13.2.